The van der Waals surface area contributed by atoms with Crippen molar-refractivity contribution in [1.82, 2.24) is 14.5 Å². The Balaban J connectivity index is 2.14. The zero-order chi connectivity index (χ0) is 19.5. The van der Waals surface area contributed by atoms with Crippen LogP contribution in [0.2, 0.25) is 0 Å². The molecule has 0 saturated carbocycles. The van der Waals surface area contributed by atoms with Crippen LogP contribution in [0.25, 0.3) is 11.0 Å². The highest BCUT2D eigenvalue weighted by Crippen LogP contribution is 2.26. The molecule has 2 rings (SSSR count). The van der Waals surface area contributed by atoms with Crippen molar-refractivity contribution in [3.63, 3.8) is 0 Å². The lowest BCUT2D eigenvalue weighted by Gasteiger charge is -2.33. The Morgan fingerprint density at radius 1 is 1.42 bits per heavy atom. The molecule has 7 heteroatoms. The fourth-order valence-electron chi connectivity index (χ4n) is 3.19. The van der Waals surface area contributed by atoms with Gasteiger partial charge in [-0.1, -0.05) is 0 Å². The molecule has 0 bridgehead atoms. The molecule has 1 atom stereocenters. The summed E-state index contributed by atoms with van der Waals surface area (Å²) in [5.74, 6) is 1.59. The summed E-state index contributed by atoms with van der Waals surface area (Å²) in [6, 6.07) is 5.57. The first-order valence-corrected chi connectivity index (χ1v) is 8.99. The molecule has 7 nitrogen and oxygen atoms in total. The van der Waals surface area contributed by atoms with Crippen molar-refractivity contribution in [3.05, 3.63) is 24.0 Å². The highest BCUT2D eigenvalue weighted by molar-refractivity contribution is 5.78. The first-order valence-electron chi connectivity index (χ1n) is 8.99. The molecule has 1 amide bonds. The second-order valence-electron chi connectivity index (χ2n) is 7.42. The Labute approximate surface area is 154 Å². The van der Waals surface area contributed by atoms with Crippen molar-refractivity contribution in [3.8, 4) is 5.75 Å². The summed E-state index contributed by atoms with van der Waals surface area (Å²) in [6.45, 7) is 8.97. The van der Waals surface area contributed by atoms with E-state index in [1.54, 1.807) is 7.11 Å². The van der Waals surface area contributed by atoms with E-state index in [4.69, 9.17) is 15.5 Å². The molecule has 1 unspecified atom stereocenters. The number of carbonyl (C=O) groups is 1. The average Bonchev–Trinajstić information content (AvgIpc) is 2.94. The maximum Gasteiger partial charge on any atom is 0.407 e. The molecular formula is C19H30N4O3. The molecule has 0 saturated heterocycles. The highest BCUT2D eigenvalue weighted by atomic mass is 16.5. The number of methoxy groups -OCH3 is 1. The number of nitrogens with two attached hydrogens (primary N) is 1. The van der Waals surface area contributed by atoms with Gasteiger partial charge in [-0.05, 0) is 52.7 Å². The maximum atomic E-state index is 11.4. The average molecular weight is 362 g/mol. The minimum absolute atomic E-state index is 0.246. The molecule has 3 N–H and O–H groups in total. The standard InChI is InChI=1S/C19H30N4O3/c1-6-22-16-10-9-13(26-5)12-15(16)21-17(22)14(20)8-7-11-23(18(24)25)19(2,3)4/h9-10,12,14H,6-8,11,20H2,1-5H3,(H,24,25). The summed E-state index contributed by atoms with van der Waals surface area (Å²) >= 11 is 0. The third kappa shape index (κ3) is 4.27. The van der Waals surface area contributed by atoms with E-state index in [2.05, 4.69) is 11.5 Å². The SMILES string of the molecule is CCn1c(C(N)CCCN(C(=O)O)C(C)(C)C)nc2cc(OC)ccc21. The third-order valence-corrected chi connectivity index (χ3v) is 4.57. The normalized spacial score (nSPS) is 13.0. The number of ether oxygens (including phenoxy) is 1. The predicted molar refractivity (Wildman–Crippen MR) is 103 cm³/mol. The van der Waals surface area contributed by atoms with Gasteiger partial charge in [-0.2, -0.15) is 0 Å². The summed E-state index contributed by atoms with van der Waals surface area (Å²) in [5.41, 5.74) is 7.86. The van der Waals surface area contributed by atoms with E-state index in [9.17, 15) is 9.90 Å². The van der Waals surface area contributed by atoms with Gasteiger partial charge in [0.05, 0.1) is 24.2 Å². The van der Waals surface area contributed by atoms with E-state index in [1.807, 2.05) is 39.0 Å². The minimum atomic E-state index is -0.904. The molecule has 1 aromatic heterocycles. The first kappa shape index (κ1) is 20.0. The fourth-order valence-corrected chi connectivity index (χ4v) is 3.19. The van der Waals surface area contributed by atoms with Crippen LogP contribution in [0.15, 0.2) is 18.2 Å². The van der Waals surface area contributed by atoms with Gasteiger partial charge < -0.3 is 25.0 Å². The van der Waals surface area contributed by atoms with Crippen molar-refractivity contribution in [2.45, 2.75) is 58.7 Å². The van der Waals surface area contributed by atoms with Gasteiger partial charge in [0, 0.05) is 24.7 Å². The molecule has 0 spiro atoms. The van der Waals surface area contributed by atoms with E-state index in [-0.39, 0.29) is 6.04 Å². The van der Waals surface area contributed by atoms with Gasteiger partial charge >= 0.3 is 6.09 Å². The number of imidazole rings is 1. The molecule has 0 aliphatic carbocycles. The zero-order valence-electron chi connectivity index (χ0n) is 16.3. The van der Waals surface area contributed by atoms with Crippen LogP contribution in [-0.4, -0.2) is 44.8 Å². The van der Waals surface area contributed by atoms with Crippen LogP contribution < -0.4 is 10.5 Å². The lowest BCUT2D eigenvalue weighted by Crippen LogP contribution is -2.45. The van der Waals surface area contributed by atoms with Crippen molar-refractivity contribution < 1.29 is 14.6 Å². The highest BCUT2D eigenvalue weighted by Gasteiger charge is 2.26. The number of amides is 1. The van der Waals surface area contributed by atoms with Crippen LogP contribution in [0, 0.1) is 0 Å². The number of aromatic nitrogens is 2. The molecule has 2 aromatic rings. The Hall–Kier alpha value is -2.28. The van der Waals surface area contributed by atoms with Crippen LogP contribution >= 0.6 is 0 Å². The Kier molecular flexibility index (Phi) is 6.13. The zero-order valence-corrected chi connectivity index (χ0v) is 16.3. The Bertz CT molecular complexity index is 764. The van der Waals surface area contributed by atoms with E-state index >= 15 is 0 Å². The van der Waals surface area contributed by atoms with E-state index in [0.29, 0.717) is 19.4 Å². The first-order chi connectivity index (χ1) is 12.2. The quantitative estimate of drug-likeness (QED) is 0.784. The third-order valence-electron chi connectivity index (χ3n) is 4.57. The van der Waals surface area contributed by atoms with Gasteiger partial charge in [-0.15, -0.1) is 0 Å². The van der Waals surface area contributed by atoms with E-state index in [1.165, 1.54) is 4.90 Å². The van der Waals surface area contributed by atoms with Gasteiger partial charge in [-0.25, -0.2) is 9.78 Å². The second-order valence-corrected chi connectivity index (χ2v) is 7.42. The van der Waals surface area contributed by atoms with Gasteiger partial charge in [0.2, 0.25) is 0 Å². The molecule has 144 valence electrons. The molecule has 0 aliphatic rings. The lowest BCUT2D eigenvalue weighted by molar-refractivity contribution is 0.0986. The summed E-state index contributed by atoms with van der Waals surface area (Å²) in [7, 11) is 1.63. The van der Waals surface area contributed by atoms with Gasteiger partial charge in [-0.3, -0.25) is 0 Å². The molecule has 1 aromatic carbocycles. The fraction of sp³-hybridized carbons (Fsp3) is 0.579. The van der Waals surface area contributed by atoms with Crippen LogP contribution in [0.5, 0.6) is 5.75 Å². The van der Waals surface area contributed by atoms with Crippen LogP contribution in [0.1, 0.15) is 52.4 Å². The molecule has 26 heavy (non-hydrogen) atoms. The monoisotopic (exact) mass is 362 g/mol. The maximum absolute atomic E-state index is 11.4. The van der Waals surface area contributed by atoms with E-state index < -0.39 is 11.6 Å². The predicted octanol–water partition coefficient (Wildman–Crippen LogP) is 3.62. The summed E-state index contributed by atoms with van der Waals surface area (Å²) < 4.78 is 7.38. The van der Waals surface area contributed by atoms with Gasteiger partial charge in [0.25, 0.3) is 0 Å². The van der Waals surface area contributed by atoms with Crippen LogP contribution in [-0.2, 0) is 6.54 Å². The van der Waals surface area contributed by atoms with E-state index in [0.717, 1.165) is 29.2 Å². The molecule has 0 radical (unpaired) electrons. The molecule has 1 heterocycles. The number of carboxylic acid groups (broad SMARTS) is 1. The number of aryl methyl sites for hydroxylation is 1. The Morgan fingerprint density at radius 3 is 2.65 bits per heavy atom. The second kappa shape index (κ2) is 7.95. The van der Waals surface area contributed by atoms with Crippen molar-refractivity contribution in [2.24, 2.45) is 5.73 Å². The van der Waals surface area contributed by atoms with Crippen molar-refractivity contribution in [2.75, 3.05) is 13.7 Å². The number of hydrogen-bond acceptors (Lipinski definition) is 4. The van der Waals surface area contributed by atoms with Crippen molar-refractivity contribution >= 4 is 17.1 Å². The van der Waals surface area contributed by atoms with Crippen LogP contribution in [0.4, 0.5) is 4.79 Å². The molecular weight excluding hydrogens is 332 g/mol. The summed E-state index contributed by atoms with van der Waals surface area (Å²) in [6.07, 6.45) is 0.445. The number of nitrogens with zero attached hydrogens (tertiary/aromatic N) is 3. The number of benzene rings is 1. The number of hydrogen-bond donors (Lipinski definition) is 2. The molecule has 0 fully saturated rings. The largest absolute Gasteiger partial charge is 0.497 e. The van der Waals surface area contributed by atoms with Gasteiger partial charge in [0.15, 0.2) is 0 Å². The topological polar surface area (TPSA) is 93.6 Å². The van der Waals surface area contributed by atoms with Crippen LogP contribution in [0.3, 0.4) is 0 Å². The number of rotatable bonds is 7. The smallest absolute Gasteiger partial charge is 0.407 e. The minimum Gasteiger partial charge on any atom is -0.497 e. The van der Waals surface area contributed by atoms with Crippen molar-refractivity contribution in [1.29, 1.82) is 0 Å². The molecule has 0 aliphatic heterocycles. The number of fused-ring (bicyclic) bond motifs is 1. The summed E-state index contributed by atoms with van der Waals surface area (Å²) in [5, 5.41) is 9.38. The van der Waals surface area contributed by atoms with Gasteiger partial charge in [0.1, 0.15) is 11.6 Å². The summed E-state index contributed by atoms with van der Waals surface area (Å²) in [4.78, 5) is 17.6. The Morgan fingerprint density at radius 2 is 2.12 bits per heavy atom. The lowest BCUT2D eigenvalue weighted by atomic mass is 10.1.